The number of carbonyl (C=O) groups is 1. The summed E-state index contributed by atoms with van der Waals surface area (Å²) in [7, 11) is 0. The number of hydrogen-bond donors (Lipinski definition) is 1. The summed E-state index contributed by atoms with van der Waals surface area (Å²) in [5.74, 6) is 0.281. The lowest BCUT2D eigenvalue weighted by molar-refractivity contribution is -0.119. The lowest BCUT2D eigenvalue weighted by atomic mass is 10.2. The molecule has 1 aliphatic heterocycles. The summed E-state index contributed by atoms with van der Waals surface area (Å²) in [6, 6.07) is -0.263. The number of primary amides is 1. The first-order chi connectivity index (χ1) is 7.59. The van der Waals surface area contributed by atoms with E-state index in [1.54, 1.807) is 6.20 Å². The molecule has 6 heteroatoms. The predicted octanol–water partition coefficient (Wildman–Crippen LogP) is 1.00. The maximum atomic E-state index is 11.3. The van der Waals surface area contributed by atoms with Gasteiger partial charge in [-0.2, -0.15) is 0 Å². The van der Waals surface area contributed by atoms with Crippen LogP contribution in [0.2, 0.25) is 0 Å². The number of amides is 1. The molecule has 1 aromatic heterocycles. The minimum absolute atomic E-state index is 0.263. The van der Waals surface area contributed by atoms with Crippen molar-refractivity contribution in [1.82, 2.24) is 9.97 Å². The van der Waals surface area contributed by atoms with E-state index in [9.17, 15) is 4.79 Å². The fraction of sp³-hybridized carbons (Fsp3) is 0.500. The Labute approximate surface area is 102 Å². The number of nitrogens with two attached hydrogens (primary N) is 1. The Balaban J connectivity index is 2.29. The Kier molecular flexibility index (Phi) is 3.09. The van der Waals surface area contributed by atoms with E-state index in [1.807, 2.05) is 11.8 Å². The summed E-state index contributed by atoms with van der Waals surface area (Å²) in [6.07, 6.45) is 3.44. The molecule has 1 aliphatic rings. The second-order valence-corrected chi connectivity index (χ2v) is 4.71. The van der Waals surface area contributed by atoms with Crippen molar-refractivity contribution in [3.63, 3.8) is 0 Å². The third kappa shape index (κ3) is 2.02. The second kappa shape index (κ2) is 4.37. The van der Waals surface area contributed by atoms with Crippen LogP contribution in [-0.4, -0.2) is 28.5 Å². The van der Waals surface area contributed by atoms with Gasteiger partial charge in [-0.3, -0.25) is 4.79 Å². The predicted molar refractivity (Wildman–Crippen MR) is 64.0 cm³/mol. The van der Waals surface area contributed by atoms with E-state index in [0.717, 1.165) is 29.6 Å². The quantitative estimate of drug-likeness (QED) is 0.880. The highest BCUT2D eigenvalue weighted by Gasteiger charge is 2.30. The Morgan fingerprint density at radius 2 is 2.44 bits per heavy atom. The molecule has 2 N–H and O–H groups in total. The summed E-state index contributed by atoms with van der Waals surface area (Å²) in [6.45, 7) is 2.68. The van der Waals surface area contributed by atoms with E-state index < -0.39 is 0 Å². The van der Waals surface area contributed by atoms with Crippen LogP contribution in [0.25, 0.3) is 0 Å². The maximum absolute atomic E-state index is 11.3. The van der Waals surface area contributed by atoms with Gasteiger partial charge in [-0.1, -0.05) is 0 Å². The fourth-order valence-corrected chi connectivity index (χ4v) is 2.07. The second-order valence-electron chi connectivity index (χ2n) is 3.86. The summed E-state index contributed by atoms with van der Waals surface area (Å²) >= 11 is 3.35. The molecule has 16 heavy (non-hydrogen) atoms. The Hall–Kier alpha value is -1.17. The molecular weight excluding hydrogens is 272 g/mol. The molecule has 1 saturated heterocycles. The molecule has 0 spiro atoms. The largest absolute Gasteiger partial charge is 0.368 e. The van der Waals surface area contributed by atoms with Gasteiger partial charge in [0.2, 0.25) is 11.9 Å². The lowest BCUT2D eigenvalue weighted by Crippen LogP contribution is -2.41. The smallest absolute Gasteiger partial charge is 0.240 e. The molecule has 0 aliphatic carbocycles. The van der Waals surface area contributed by atoms with E-state index >= 15 is 0 Å². The first-order valence-electron chi connectivity index (χ1n) is 5.14. The van der Waals surface area contributed by atoms with Crippen LogP contribution in [0.1, 0.15) is 18.5 Å². The van der Waals surface area contributed by atoms with E-state index in [2.05, 4.69) is 25.9 Å². The number of aromatic nitrogens is 2. The minimum Gasteiger partial charge on any atom is -0.368 e. The number of halogens is 1. The van der Waals surface area contributed by atoms with Gasteiger partial charge in [0.25, 0.3) is 0 Å². The standard InChI is InChI=1S/C10H13BrN4O/c1-6-7(11)5-13-10(14-6)15-4-2-3-8(15)9(12)16/h5,8H,2-4H2,1H3,(H2,12,16)/t8-/m0/s1. The van der Waals surface area contributed by atoms with Crippen LogP contribution in [0.5, 0.6) is 0 Å². The average molecular weight is 285 g/mol. The van der Waals surface area contributed by atoms with Crippen molar-refractivity contribution in [2.45, 2.75) is 25.8 Å². The minimum atomic E-state index is -0.304. The highest BCUT2D eigenvalue weighted by Crippen LogP contribution is 2.23. The molecule has 0 aromatic carbocycles. The zero-order valence-corrected chi connectivity index (χ0v) is 10.6. The van der Waals surface area contributed by atoms with Gasteiger partial charge in [0.15, 0.2) is 0 Å². The number of nitrogens with zero attached hydrogens (tertiary/aromatic N) is 3. The zero-order chi connectivity index (χ0) is 11.7. The van der Waals surface area contributed by atoms with Gasteiger partial charge in [-0.15, -0.1) is 0 Å². The molecule has 86 valence electrons. The van der Waals surface area contributed by atoms with Crippen LogP contribution in [-0.2, 0) is 4.79 Å². The fourth-order valence-electron chi connectivity index (χ4n) is 1.88. The first kappa shape index (κ1) is 11.3. The molecule has 1 aromatic rings. The molecule has 1 fully saturated rings. The number of rotatable bonds is 2. The van der Waals surface area contributed by atoms with Crippen molar-refractivity contribution >= 4 is 27.8 Å². The van der Waals surface area contributed by atoms with Gasteiger partial charge in [0, 0.05) is 12.7 Å². The lowest BCUT2D eigenvalue weighted by Gasteiger charge is -2.22. The summed E-state index contributed by atoms with van der Waals surface area (Å²) in [4.78, 5) is 21.7. The number of anilines is 1. The Bertz CT molecular complexity index is 423. The molecule has 2 heterocycles. The van der Waals surface area contributed by atoms with Gasteiger partial charge in [0.1, 0.15) is 6.04 Å². The van der Waals surface area contributed by atoms with Crippen LogP contribution in [0.3, 0.4) is 0 Å². The molecular formula is C10H13BrN4O. The number of aryl methyl sites for hydroxylation is 1. The summed E-state index contributed by atoms with van der Waals surface area (Å²) < 4.78 is 0.867. The third-order valence-electron chi connectivity index (χ3n) is 2.74. The molecule has 0 saturated carbocycles. The number of carbonyl (C=O) groups excluding carboxylic acids is 1. The SMILES string of the molecule is Cc1nc(N2CCC[C@H]2C(N)=O)ncc1Br. The highest BCUT2D eigenvalue weighted by atomic mass is 79.9. The molecule has 0 radical (unpaired) electrons. The molecule has 5 nitrogen and oxygen atoms in total. The van der Waals surface area contributed by atoms with Crippen LogP contribution in [0.15, 0.2) is 10.7 Å². The summed E-state index contributed by atoms with van der Waals surface area (Å²) in [5.41, 5.74) is 6.21. The topological polar surface area (TPSA) is 72.1 Å². The molecule has 2 rings (SSSR count). The van der Waals surface area contributed by atoms with Crippen molar-refractivity contribution in [3.05, 3.63) is 16.4 Å². The highest BCUT2D eigenvalue weighted by molar-refractivity contribution is 9.10. The van der Waals surface area contributed by atoms with E-state index in [0.29, 0.717) is 5.95 Å². The van der Waals surface area contributed by atoms with Crippen LogP contribution in [0, 0.1) is 6.92 Å². The van der Waals surface area contributed by atoms with Gasteiger partial charge < -0.3 is 10.6 Å². The van der Waals surface area contributed by atoms with E-state index in [4.69, 9.17) is 5.73 Å². The van der Waals surface area contributed by atoms with Gasteiger partial charge in [-0.05, 0) is 35.7 Å². The van der Waals surface area contributed by atoms with E-state index in [-0.39, 0.29) is 11.9 Å². The molecule has 1 amide bonds. The maximum Gasteiger partial charge on any atom is 0.240 e. The Morgan fingerprint density at radius 3 is 3.06 bits per heavy atom. The van der Waals surface area contributed by atoms with Crippen LogP contribution >= 0.6 is 15.9 Å². The normalized spacial score (nSPS) is 20.1. The zero-order valence-electron chi connectivity index (χ0n) is 8.98. The number of hydrogen-bond acceptors (Lipinski definition) is 4. The van der Waals surface area contributed by atoms with Crippen molar-refractivity contribution in [2.75, 3.05) is 11.4 Å². The van der Waals surface area contributed by atoms with Crippen molar-refractivity contribution in [1.29, 1.82) is 0 Å². The Morgan fingerprint density at radius 1 is 1.69 bits per heavy atom. The third-order valence-corrected chi connectivity index (χ3v) is 3.52. The first-order valence-corrected chi connectivity index (χ1v) is 5.94. The summed E-state index contributed by atoms with van der Waals surface area (Å²) in [5, 5.41) is 0. The van der Waals surface area contributed by atoms with Gasteiger partial charge in [0.05, 0.1) is 10.2 Å². The molecule has 0 bridgehead atoms. The van der Waals surface area contributed by atoms with Gasteiger partial charge in [-0.25, -0.2) is 9.97 Å². The monoisotopic (exact) mass is 284 g/mol. The van der Waals surface area contributed by atoms with Crippen LogP contribution in [0.4, 0.5) is 5.95 Å². The van der Waals surface area contributed by atoms with Crippen molar-refractivity contribution in [2.24, 2.45) is 5.73 Å². The van der Waals surface area contributed by atoms with Crippen LogP contribution < -0.4 is 10.6 Å². The molecule has 0 unspecified atom stereocenters. The van der Waals surface area contributed by atoms with Crippen molar-refractivity contribution in [3.8, 4) is 0 Å². The molecule has 1 atom stereocenters. The average Bonchev–Trinajstić information content (AvgIpc) is 2.71. The van der Waals surface area contributed by atoms with Crippen molar-refractivity contribution < 1.29 is 4.79 Å². The van der Waals surface area contributed by atoms with Gasteiger partial charge >= 0.3 is 0 Å². The van der Waals surface area contributed by atoms with E-state index in [1.165, 1.54) is 0 Å².